The molecule has 24 heavy (non-hydrogen) atoms. The zero-order valence-corrected chi connectivity index (χ0v) is 13.6. The maximum absolute atomic E-state index is 13.8. The number of hydrogen-bond acceptors (Lipinski definition) is 4. The first kappa shape index (κ1) is 16.4. The fourth-order valence-corrected chi connectivity index (χ4v) is 2.48. The number of hydrogen-bond donors (Lipinski definition) is 1. The van der Waals surface area contributed by atoms with Crippen LogP contribution in [0, 0.1) is 5.82 Å². The largest absolute Gasteiger partial charge is 0.320 e. The smallest absolute Gasteiger partial charge is 0.229 e. The highest BCUT2D eigenvalue weighted by atomic mass is 35.5. The molecule has 0 spiro atoms. The van der Waals surface area contributed by atoms with Crippen LogP contribution in [0.1, 0.15) is 5.56 Å². The number of carbonyl (C=O) groups excluding carboxylic acids is 1. The lowest BCUT2D eigenvalue weighted by molar-refractivity contribution is -0.115. The van der Waals surface area contributed by atoms with Crippen molar-refractivity contribution in [1.29, 1.82) is 0 Å². The molecule has 3 rings (SSSR count). The quantitative estimate of drug-likeness (QED) is 0.720. The molecule has 0 aliphatic rings. The molecule has 0 saturated carbocycles. The Morgan fingerprint density at radius 2 is 2.08 bits per heavy atom. The summed E-state index contributed by atoms with van der Waals surface area (Å²) in [6.07, 6.45) is 4.20. The minimum Gasteiger partial charge on any atom is -0.320 e. The van der Waals surface area contributed by atoms with Crippen LogP contribution in [-0.4, -0.2) is 25.7 Å². The summed E-state index contributed by atoms with van der Waals surface area (Å²) in [7, 11) is 0. The minimum atomic E-state index is -0.555. The van der Waals surface area contributed by atoms with E-state index in [1.165, 1.54) is 29.2 Å². The van der Waals surface area contributed by atoms with Crippen molar-refractivity contribution in [1.82, 2.24) is 19.7 Å². The van der Waals surface area contributed by atoms with Gasteiger partial charge in [0.15, 0.2) is 11.0 Å². The van der Waals surface area contributed by atoms with E-state index in [4.69, 9.17) is 23.2 Å². The highest BCUT2D eigenvalue weighted by molar-refractivity contribution is 6.33. The molecule has 9 heteroatoms. The van der Waals surface area contributed by atoms with Crippen molar-refractivity contribution in [2.45, 2.75) is 6.42 Å². The fraction of sp³-hybridized carbons (Fsp3) is 0.0667. The number of aromatic nitrogens is 4. The van der Waals surface area contributed by atoms with Crippen LogP contribution in [0.5, 0.6) is 0 Å². The van der Waals surface area contributed by atoms with Gasteiger partial charge in [-0.05, 0) is 18.2 Å². The molecular weight excluding hydrogens is 356 g/mol. The monoisotopic (exact) mass is 365 g/mol. The number of anilines is 1. The van der Waals surface area contributed by atoms with Gasteiger partial charge in [-0.1, -0.05) is 29.3 Å². The zero-order chi connectivity index (χ0) is 17.1. The molecule has 0 fully saturated rings. The summed E-state index contributed by atoms with van der Waals surface area (Å²) in [6, 6.07) is 5.92. The molecule has 1 aromatic carbocycles. The Morgan fingerprint density at radius 1 is 1.25 bits per heavy atom. The van der Waals surface area contributed by atoms with Crippen molar-refractivity contribution in [2.75, 3.05) is 5.32 Å². The molecule has 0 atom stereocenters. The number of carbonyl (C=O) groups is 1. The van der Waals surface area contributed by atoms with Gasteiger partial charge < -0.3 is 5.32 Å². The van der Waals surface area contributed by atoms with Gasteiger partial charge in [-0.3, -0.25) is 4.79 Å². The molecule has 0 unspecified atom stereocenters. The van der Waals surface area contributed by atoms with Crippen molar-refractivity contribution in [3.8, 4) is 5.82 Å². The van der Waals surface area contributed by atoms with Crippen molar-refractivity contribution >= 4 is 34.8 Å². The third-order valence-corrected chi connectivity index (χ3v) is 3.81. The van der Waals surface area contributed by atoms with Crippen LogP contribution in [0.15, 0.2) is 43.0 Å². The molecule has 2 heterocycles. The van der Waals surface area contributed by atoms with E-state index in [-0.39, 0.29) is 27.8 Å². The number of halogens is 3. The molecule has 1 amide bonds. The minimum absolute atomic E-state index is 0.0449. The molecule has 1 N–H and O–H groups in total. The first-order chi connectivity index (χ1) is 11.6. The molecule has 3 aromatic rings. The Balaban J connectivity index is 1.88. The van der Waals surface area contributed by atoms with Crippen LogP contribution in [0.3, 0.4) is 0 Å². The van der Waals surface area contributed by atoms with E-state index in [0.29, 0.717) is 5.82 Å². The topological polar surface area (TPSA) is 72.7 Å². The maximum atomic E-state index is 13.8. The van der Waals surface area contributed by atoms with Crippen LogP contribution >= 0.6 is 23.2 Å². The molecule has 0 saturated heterocycles. The van der Waals surface area contributed by atoms with Gasteiger partial charge in [0.1, 0.15) is 17.8 Å². The molecule has 0 bridgehead atoms. The van der Waals surface area contributed by atoms with Crippen molar-refractivity contribution in [3.63, 3.8) is 0 Å². The standard InChI is InChI=1S/C15H10Cl2FN5O/c16-10-3-1-4-11(18)9(10)7-12(24)22-13-14(17)19-8-20-15(13)23-6-2-5-21-23/h1-6,8H,7H2,(H,22,24). The lowest BCUT2D eigenvalue weighted by Gasteiger charge is -2.12. The lowest BCUT2D eigenvalue weighted by atomic mass is 10.1. The van der Waals surface area contributed by atoms with E-state index in [9.17, 15) is 9.18 Å². The van der Waals surface area contributed by atoms with Crippen LogP contribution < -0.4 is 5.32 Å². The van der Waals surface area contributed by atoms with Crippen molar-refractivity contribution < 1.29 is 9.18 Å². The predicted octanol–water partition coefficient (Wildman–Crippen LogP) is 3.29. The Hall–Kier alpha value is -2.51. The van der Waals surface area contributed by atoms with Gasteiger partial charge in [-0.25, -0.2) is 19.0 Å². The van der Waals surface area contributed by atoms with Crippen molar-refractivity contribution in [3.05, 3.63) is 64.5 Å². The summed E-state index contributed by atoms with van der Waals surface area (Å²) in [5, 5.41) is 6.85. The van der Waals surface area contributed by atoms with Gasteiger partial charge in [0.25, 0.3) is 0 Å². The normalized spacial score (nSPS) is 10.6. The number of nitrogens with one attached hydrogen (secondary N) is 1. The van der Waals surface area contributed by atoms with Gasteiger partial charge >= 0.3 is 0 Å². The zero-order valence-electron chi connectivity index (χ0n) is 12.1. The van der Waals surface area contributed by atoms with Gasteiger partial charge in [0.2, 0.25) is 5.91 Å². The summed E-state index contributed by atoms with van der Waals surface area (Å²) in [6.45, 7) is 0. The maximum Gasteiger partial charge on any atom is 0.229 e. The van der Waals surface area contributed by atoms with E-state index < -0.39 is 11.7 Å². The molecular formula is C15H10Cl2FN5O. The van der Waals surface area contributed by atoms with Crippen LogP contribution in [0.2, 0.25) is 10.2 Å². The van der Waals surface area contributed by atoms with Gasteiger partial charge in [-0.15, -0.1) is 0 Å². The van der Waals surface area contributed by atoms with E-state index in [1.54, 1.807) is 18.5 Å². The Bertz CT molecular complexity index is 865. The third kappa shape index (κ3) is 3.37. The third-order valence-electron chi connectivity index (χ3n) is 3.17. The molecule has 6 nitrogen and oxygen atoms in total. The summed E-state index contributed by atoms with van der Waals surface area (Å²) in [5.41, 5.74) is 0.283. The van der Waals surface area contributed by atoms with E-state index >= 15 is 0 Å². The average molecular weight is 366 g/mol. The highest BCUT2D eigenvalue weighted by Gasteiger charge is 2.17. The fourth-order valence-electron chi connectivity index (χ4n) is 2.08. The number of rotatable bonds is 4. The van der Waals surface area contributed by atoms with E-state index in [1.807, 2.05) is 0 Å². The summed E-state index contributed by atoms with van der Waals surface area (Å²) < 4.78 is 15.2. The Labute approximate surface area is 146 Å². The molecule has 0 aliphatic heterocycles. The second kappa shape index (κ2) is 6.94. The van der Waals surface area contributed by atoms with Crippen LogP contribution in [-0.2, 0) is 11.2 Å². The molecule has 122 valence electrons. The number of amides is 1. The predicted molar refractivity (Wildman–Crippen MR) is 87.9 cm³/mol. The van der Waals surface area contributed by atoms with Gasteiger partial charge in [0, 0.05) is 23.0 Å². The number of nitrogens with zero attached hydrogens (tertiary/aromatic N) is 4. The lowest BCUT2D eigenvalue weighted by Crippen LogP contribution is -2.18. The van der Waals surface area contributed by atoms with Crippen LogP contribution in [0.25, 0.3) is 5.82 Å². The second-order valence-corrected chi connectivity index (χ2v) is 5.50. The highest BCUT2D eigenvalue weighted by Crippen LogP contribution is 2.25. The summed E-state index contributed by atoms with van der Waals surface area (Å²) in [4.78, 5) is 20.2. The van der Waals surface area contributed by atoms with Crippen LogP contribution in [0.4, 0.5) is 10.1 Å². The Morgan fingerprint density at radius 3 is 2.79 bits per heavy atom. The number of benzene rings is 1. The summed E-state index contributed by atoms with van der Waals surface area (Å²) in [5.74, 6) is -0.763. The summed E-state index contributed by atoms with van der Waals surface area (Å²) >= 11 is 12.0. The molecule has 0 aliphatic carbocycles. The Kier molecular flexibility index (Phi) is 4.73. The van der Waals surface area contributed by atoms with Crippen molar-refractivity contribution in [2.24, 2.45) is 0 Å². The average Bonchev–Trinajstić information content (AvgIpc) is 3.07. The SMILES string of the molecule is O=C(Cc1c(F)cccc1Cl)Nc1c(Cl)ncnc1-n1cccn1. The van der Waals surface area contributed by atoms with Gasteiger partial charge in [-0.2, -0.15) is 5.10 Å². The van der Waals surface area contributed by atoms with Gasteiger partial charge in [0.05, 0.1) is 6.42 Å². The molecule has 2 aromatic heterocycles. The van der Waals surface area contributed by atoms with E-state index in [2.05, 4.69) is 20.4 Å². The molecule has 0 radical (unpaired) electrons. The second-order valence-electron chi connectivity index (χ2n) is 4.74. The first-order valence-electron chi connectivity index (χ1n) is 6.79. The first-order valence-corrected chi connectivity index (χ1v) is 7.55. The van der Waals surface area contributed by atoms with E-state index in [0.717, 1.165) is 0 Å².